The number of methoxy groups -OCH3 is 1. The molecule has 1 aliphatic carbocycles. The number of amides is 1. The maximum Gasteiger partial charge on any atom is 0.251 e. The number of pyridine rings is 1. The van der Waals surface area contributed by atoms with Gasteiger partial charge in [-0.1, -0.05) is 18.2 Å². The lowest BCUT2D eigenvalue weighted by Gasteiger charge is -2.19. The molecule has 2 aromatic heterocycles. The minimum Gasteiger partial charge on any atom is -0.481 e. The van der Waals surface area contributed by atoms with Gasteiger partial charge in [0.25, 0.3) is 5.91 Å². The molecule has 142 valence electrons. The number of hydrogen-bond acceptors (Lipinski definition) is 5. The molecule has 6 nitrogen and oxygen atoms in total. The van der Waals surface area contributed by atoms with Gasteiger partial charge in [0.2, 0.25) is 5.88 Å². The van der Waals surface area contributed by atoms with Gasteiger partial charge in [-0.05, 0) is 49.4 Å². The Morgan fingerprint density at radius 2 is 2.00 bits per heavy atom. The molecule has 0 saturated heterocycles. The van der Waals surface area contributed by atoms with Crippen molar-refractivity contribution in [2.45, 2.75) is 25.8 Å². The zero-order chi connectivity index (χ0) is 19.5. The number of aryl methyl sites for hydroxylation is 1. The van der Waals surface area contributed by atoms with E-state index in [4.69, 9.17) is 4.74 Å². The van der Waals surface area contributed by atoms with Gasteiger partial charge in [-0.25, -0.2) is 4.98 Å². The molecule has 28 heavy (non-hydrogen) atoms. The lowest BCUT2D eigenvalue weighted by atomic mass is 10.0. The molecular formula is C22H22N4O2. The van der Waals surface area contributed by atoms with Gasteiger partial charge in [0, 0.05) is 29.6 Å². The molecule has 2 heterocycles. The van der Waals surface area contributed by atoms with E-state index in [9.17, 15) is 4.79 Å². The highest BCUT2D eigenvalue weighted by molar-refractivity contribution is 5.95. The van der Waals surface area contributed by atoms with E-state index in [2.05, 4.69) is 20.3 Å². The highest BCUT2D eigenvalue weighted by atomic mass is 16.5. The first-order chi connectivity index (χ1) is 13.7. The number of nitrogens with one attached hydrogen (secondary N) is 1. The van der Waals surface area contributed by atoms with E-state index < -0.39 is 0 Å². The maximum atomic E-state index is 13.0. The van der Waals surface area contributed by atoms with Crippen LogP contribution in [0.1, 0.15) is 40.5 Å². The largest absolute Gasteiger partial charge is 0.481 e. The SMILES string of the molecule is COc1ccnc(-c2cccc(C(=O)N[C@H](c3ncccc3C)C3CC3)c2)n1. The van der Waals surface area contributed by atoms with Crippen LogP contribution >= 0.6 is 0 Å². The summed E-state index contributed by atoms with van der Waals surface area (Å²) in [5.74, 6) is 1.33. The molecule has 1 amide bonds. The van der Waals surface area contributed by atoms with Crippen molar-refractivity contribution >= 4 is 5.91 Å². The minimum atomic E-state index is -0.119. The summed E-state index contributed by atoms with van der Waals surface area (Å²) in [5.41, 5.74) is 3.38. The van der Waals surface area contributed by atoms with Crippen LogP contribution in [0.15, 0.2) is 54.9 Å². The van der Waals surface area contributed by atoms with Crippen LogP contribution in [-0.2, 0) is 0 Å². The van der Waals surface area contributed by atoms with Crippen molar-refractivity contribution < 1.29 is 9.53 Å². The van der Waals surface area contributed by atoms with E-state index in [0.717, 1.165) is 29.7 Å². The van der Waals surface area contributed by atoms with Crippen LogP contribution in [0.3, 0.4) is 0 Å². The second-order valence-corrected chi connectivity index (χ2v) is 7.00. The Hall–Kier alpha value is -3.28. The van der Waals surface area contributed by atoms with E-state index in [1.54, 1.807) is 37.7 Å². The molecule has 6 heteroatoms. The van der Waals surface area contributed by atoms with Crippen molar-refractivity contribution in [1.82, 2.24) is 20.3 Å². The Kier molecular flexibility index (Phi) is 5.02. The van der Waals surface area contributed by atoms with E-state index in [1.165, 1.54) is 0 Å². The molecule has 1 aliphatic rings. The van der Waals surface area contributed by atoms with Crippen molar-refractivity contribution in [3.05, 3.63) is 71.7 Å². The molecule has 1 N–H and O–H groups in total. The van der Waals surface area contributed by atoms with Gasteiger partial charge in [0.05, 0.1) is 18.8 Å². The lowest BCUT2D eigenvalue weighted by Crippen LogP contribution is -2.31. The molecule has 1 atom stereocenters. The zero-order valence-electron chi connectivity index (χ0n) is 15.9. The van der Waals surface area contributed by atoms with Gasteiger partial charge >= 0.3 is 0 Å². The van der Waals surface area contributed by atoms with Crippen LogP contribution in [0.25, 0.3) is 11.4 Å². The average Bonchev–Trinajstić information content (AvgIpc) is 3.58. The standard InChI is InChI=1S/C22H22N4O2/c1-14-5-4-11-23-19(14)20(15-8-9-15)26-22(27)17-7-3-6-16(13-17)21-24-12-10-18(25-21)28-2/h3-7,10-13,15,20H,8-9H2,1-2H3,(H,26,27)/t20-/m0/s1. The summed E-state index contributed by atoms with van der Waals surface area (Å²) in [7, 11) is 1.56. The third-order valence-electron chi connectivity index (χ3n) is 4.95. The predicted molar refractivity (Wildman–Crippen MR) is 106 cm³/mol. The second kappa shape index (κ2) is 7.76. The van der Waals surface area contributed by atoms with Gasteiger partial charge in [0.15, 0.2) is 5.82 Å². The molecule has 4 rings (SSSR count). The number of rotatable bonds is 6. The van der Waals surface area contributed by atoms with Gasteiger partial charge in [-0.15, -0.1) is 0 Å². The monoisotopic (exact) mass is 374 g/mol. The number of ether oxygens (including phenoxy) is 1. The number of nitrogens with zero attached hydrogens (tertiary/aromatic N) is 3. The molecule has 0 bridgehead atoms. The highest BCUT2D eigenvalue weighted by Crippen LogP contribution is 2.41. The molecule has 3 aromatic rings. The van der Waals surface area contributed by atoms with Crippen LogP contribution in [0, 0.1) is 12.8 Å². The molecule has 0 radical (unpaired) electrons. The fraction of sp³-hybridized carbons (Fsp3) is 0.273. The fourth-order valence-corrected chi connectivity index (χ4v) is 3.28. The predicted octanol–water partition coefficient (Wildman–Crippen LogP) is 3.74. The quantitative estimate of drug-likeness (QED) is 0.711. The van der Waals surface area contributed by atoms with Crippen molar-refractivity contribution in [1.29, 1.82) is 0 Å². The van der Waals surface area contributed by atoms with Gasteiger partial charge in [-0.2, -0.15) is 4.98 Å². The maximum absolute atomic E-state index is 13.0. The Morgan fingerprint density at radius 3 is 2.75 bits per heavy atom. The number of aromatic nitrogens is 3. The molecule has 1 saturated carbocycles. The molecule has 1 aromatic carbocycles. The van der Waals surface area contributed by atoms with Crippen LogP contribution in [0.5, 0.6) is 5.88 Å². The third-order valence-corrected chi connectivity index (χ3v) is 4.95. The molecular weight excluding hydrogens is 352 g/mol. The summed E-state index contributed by atoms with van der Waals surface area (Å²) in [6, 6.07) is 12.9. The van der Waals surface area contributed by atoms with Crippen molar-refractivity contribution in [2.75, 3.05) is 7.11 Å². The Morgan fingerprint density at radius 1 is 1.14 bits per heavy atom. The Balaban J connectivity index is 1.58. The van der Waals surface area contributed by atoms with Crippen molar-refractivity contribution in [3.8, 4) is 17.3 Å². The van der Waals surface area contributed by atoms with E-state index in [1.807, 2.05) is 31.2 Å². The van der Waals surface area contributed by atoms with Gasteiger partial charge in [0.1, 0.15) is 0 Å². The summed E-state index contributed by atoms with van der Waals surface area (Å²) in [6.45, 7) is 2.03. The first-order valence-electron chi connectivity index (χ1n) is 9.35. The molecule has 0 spiro atoms. The Bertz CT molecular complexity index is 1000. The van der Waals surface area contributed by atoms with Crippen LogP contribution in [0.4, 0.5) is 0 Å². The second-order valence-electron chi connectivity index (χ2n) is 7.00. The van der Waals surface area contributed by atoms with E-state index in [-0.39, 0.29) is 11.9 Å². The van der Waals surface area contributed by atoms with Crippen LogP contribution < -0.4 is 10.1 Å². The number of carbonyl (C=O) groups excluding carboxylic acids is 1. The average molecular weight is 374 g/mol. The van der Waals surface area contributed by atoms with Crippen LogP contribution in [-0.4, -0.2) is 28.0 Å². The minimum absolute atomic E-state index is 0.0644. The molecule has 0 aliphatic heterocycles. The van der Waals surface area contributed by atoms with Gasteiger partial charge in [-0.3, -0.25) is 9.78 Å². The fourth-order valence-electron chi connectivity index (χ4n) is 3.28. The number of carbonyl (C=O) groups is 1. The van der Waals surface area contributed by atoms with E-state index >= 15 is 0 Å². The van der Waals surface area contributed by atoms with Crippen molar-refractivity contribution in [3.63, 3.8) is 0 Å². The summed E-state index contributed by atoms with van der Waals surface area (Å²) in [5, 5.41) is 3.19. The highest BCUT2D eigenvalue weighted by Gasteiger charge is 2.35. The summed E-state index contributed by atoms with van der Waals surface area (Å²) in [4.78, 5) is 26.1. The van der Waals surface area contributed by atoms with Crippen LogP contribution in [0.2, 0.25) is 0 Å². The number of benzene rings is 1. The number of hydrogen-bond donors (Lipinski definition) is 1. The van der Waals surface area contributed by atoms with E-state index in [0.29, 0.717) is 23.2 Å². The Labute approximate surface area is 164 Å². The summed E-state index contributed by atoms with van der Waals surface area (Å²) in [6.07, 6.45) is 5.64. The normalized spacial score (nSPS) is 14.4. The molecule has 0 unspecified atom stereocenters. The summed E-state index contributed by atoms with van der Waals surface area (Å²) < 4.78 is 5.16. The summed E-state index contributed by atoms with van der Waals surface area (Å²) >= 11 is 0. The molecule has 1 fully saturated rings. The first kappa shape index (κ1) is 18.1. The topological polar surface area (TPSA) is 77.0 Å². The van der Waals surface area contributed by atoms with Gasteiger partial charge < -0.3 is 10.1 Å². The lowest BCUT2D eigenvalue weighted by molar-refractivity contribution is 0.0930. The first-order valence-corrected chi connectivity index (χ1v) is 9.35. The smallest absolute Gasteiger partial charge is 0.251 e. The third kappa shape index (κ3) is 3.86. The zero-order valence-corrected chi connectivity index (χ0v) is 15.9. The van der Waals surface area contributed by atoms with Crippen molar-refractivity contribution in [2.24, 2.45) is 5.92 Å².